The van der Waals surface area contributed by atoms with Crippen molar-refractivity contribution in [2.24, 2.45) is 0 Å². The predicted octanol–water partition coefficient (Wildman–Crippen LogP) is 4.12. The van der Waals surface area contributed by atoms with Gasteiger partial charge in [0, 0.05) is 21.2 Å². The molecule has 0 saturated carbocycles. The Morgan fingerprint density at radius 2 is 1.95 bits per heavy atom. The van der Waals surface area contributed by atoms with Crippen LogP contribution in [-0.4, -0.2) is 22.5 Å². The van der Waals surface area contributed by atoms with Crippen molar-refractivity contribution in [3.05, 3.63) is 28.7 Å². The van der Waals surface area contributed by atoms with Gasteiger partial charge in [0.2, 0.25) is 0 Å². The summed E-state index contributed by atoms with van der Waals surface area (Å²) in [5.41, 5.74) is 0. The lowest BCUT2D eigenvalue weighted by molar-refractivity contribution is 0.495. The maximum atomic E-state index is 12.1. The molecule has 0 aliphatic heterocycles. The monoisotopic (exact) mass is 345 g/mol. The van der Waals surface area contributed by atoms with Crippen molar-refractivity contribution in [3.63, 3.8) is 0 Å². The molecule has 0 heterocycles. The summed E-state index contributed by atoms with van der Waals surface area (Å²) in [5, 5.41) is 3.48. The highest BCUT2D eigenvalue weighted by Crippen LogP contribution is 2.14. The SMILES string of the molecule is CCCNC(C)CCCCS(=O)c1ccc(Br)cc1. The first-order valence-corrected chi connectivity index (χ1v) is 9.12. The van der Waals surface area contributed by atoms with E-state index in [0.717, 1.165) is 40.9 Å². The second-order valence-corrected chi connectivity index (χ2v) is 7.34. The Hall–Kier alpha value is -0.190. The molecule has 108 valence electrons. The molecule has 19 heavy (non-hydrogen) atoms. The van der Waals surface area contributed by atoms with E-state index < -0.39 is 10.8 Å². The summed E-state index contributed by atoms with van der Waals surface area (Å²) in [6, 6.07) is 8.34. The number of unbranched alkanes of at least 4 members (excludes halogenated alkanes) is 1. The fraction of sp³-hybridized carbons (Fsp3) is 0.600. The highest BCUT2D eigenvalue weighted by Gasteiger charge is 2.05. The largest absolute Gasteiger partial charge is 0.314 e. The number of benzene rings is 1. The molecule has 1 N–H and O–H groups in total. The lowest BCUT2D eigenvalue weighted by Crippen LogP contribution is -2.26. The maximum Gasteiger partial charge on any atom is 0.0529 e. The van der Waals surface area contributed by atoms with Crippen LogP contribution in [0.1, 0.15) is 39.5 Å². The summed E-state index contributed by atoms with van der Waals surface area (Å²) in [6.45, 7) is 5.49. The summed E-state index contributed by atoms with van der Waals surface area (Å²) in [6.07, 6.45) is 4.51. The van der Waals surface area contributed by atoms with Crippen molar-refractivity contribution in [2.75, 3.05) is 12.3 Å². The molecule has 2 unspecified atom stereocenters. The first-order chi connectivity index (χ1) is 9.13. The van der Waals surface area contributed by atoms with Crippen molar-refractivity contribution in [1.29, 1.82) is 0 Å². The molecule has 0 aliphatic rings. The van der Waals surface area contributed by atoms with E-state index in [9.17, 15) is 4.21 Å². The van der Waals surface area contributed by atoms with Gasteiger partial charge in [0.15, 0.2) is 0 Å². The quantitative estimate of drug-likeness (QED) is 0.682. The van der Waals surface area contributed by atoms with Crippen LogP contribution >= 0.6 is 15.9 Å². The molecule has 0 amide bonds. The van der Waals surface area contributed by atoms with Crippen molar-refractivity contribution in [3.8, 4) is 0 Å². The molecule has 0 bridgehead atoms. The third kappa shape index (κ3) is 7.23. The fourth-order valence-electron chi connectivity index (χ4n) is 1.88. The van der Waals surface area contributed by atoms with Gasteiger partial charge in [-0.15, -0.1) is 0 Å². The van der Waals surface area contributed by atoms with Crippen LogP contribution in [0, 0.1) is 0 Å². The predicted molar refractivity (Wildman–Crippen MR) is 87.0 cm³/mol. The maximum absolute atomic E-state index is 12.1. The van der Waals surface area contributed by atoms with Crippen LogP contribution in [0.5, 0.6) is 0 Å². The minimum atomic E-state index is -0.853. The van der Waals surface area contributed by atoms with E-state index in [2.05, 4.69) is 35.1 Å². The average Bonchev–Trinajstić information content (AvgIpc) is 2.41. The second-order valence-electron chi connectivity index (χ2n) is 4.85. The standard InChI is InChI=1S/C15H24BrNOS/c1-3-11-17-13(2)6-4-5-12-19(18)15-9-7-14(16)8-10-15/h7-10,13,17H,3-6,11-12H2,1-2H3. The molecule has 1 aromatic rings. The van der Waals surface area contributed by atoms with Crippen LogP contribution < -0.4 is 5.32 Å². The summed E-state index contributed by atoms with van der Waals surface area (Å²) in [7, 11) is -0.853. The van der Waals surface area contributed by atoms with E-state index in [1.165, 1.54) is 6.42 Å². The number of hydrogen-bond acceptors (Lipinski definition) is 2. The van der Waals surface area contributed by atoms with Gasteiger partial charge in [-0.25, -0.2) is 0 Å². The minimum absolute atomic E-state index is 0.570. The lowest BCUT2D eigenvalue weighted by Gasteiger charge is -2.12. The van der Waals surface area contributed by atoms with Crippen molar-refractivity contribution >= 4 is 26.7 Å². The van der Waals surface area contributed by atoms with E-state index in [1.807, 2.05) is 24.3 Å². The first-order valence-electron chi connectivity index (χ1n) is 7.00. The van der Waals surface area contributed by atoms with Crippen molar-refractivity contribution in [2.45, 2.75) is 50.5 Å². The average molecular weight is 346 g/mol. The van der Waals surface area contributed by atoms with E-state index >= 15 is 0 Å². The molecule has 2 atom stereocenters. The Labute approximate surface area is 128 Å². The molecule has 2 nitrogen and oxygen atoms in total. The van der Waals surface area contributed by atoms with Gasteiger partial charge >= 0.3 is 0 Å². The van der Waals surface area contributed by atoms with Gasteiger partial charge in [-0.3, -0.25) is 4.21 Å². The number of rotatable bonds is 9. The zero-order chi connectivity index (χ0) is 14.1. The Morgan fingerprint density at radius 1 is 1.26 bits per heavy atom. The van der Waals surface area contributed by atoms with E-state index in [4.69, 9.17) is 0 Å². The molecule has 0 radical (unpaired) electrons. The second kappa shape index (κ2) is 9.67. The van der Waals surface area contributed by atoms with Crippen LogP contribution in [0.25, 0.3) is 0 Å². The van der Waals surface area contributed by atoms with Gasteiger partial charge in [0.1, 0.15) is 0 Å². The third-order valence-corrected chi connectivity index (χ3v) is 5.02. The number of nitrogens with one attached hydrogen (secondary N) is 1. The normalized spacial score (nSPS) is 14.3. The zero-order valence-electron chi connectivity index (χ0n) is 11.8. The molecule has 0 saturated heterocycles. The molecule has 4 heteroatoms. The highest BCUT2D eigenvalue weighted by atomic mass is 79.9. The highest BCUT2D eigenvalue weighted by molar-refractivity contribution is 9.10. The van der Waals surface area contributed by atoms with Gasteiger partial charge in [-0.2, -0.15) is 0 Å². The summed E-state index contributed by atoms with van der Waals surface area (Å²) in [5.74, 6) is 0.766. The van der Waals surface area contributed by atoms with Gasteiger partial charge in [0.25, 0.3) is 0 Å². The van der Waals surface area contributed by atoms with Crippen LogP contribution in [0.2, 0.25) is 0 Å². The molecular formula is C15H24BrNOS. The molecule has 0 aliphatic carbocycles. The van der Waals surface area contributed by atoms with Gasteiger partial charge in [-0.05, 0) is 57.0 Å². The molecule has 0 aromatic heterocycles. The molecular weight excluding hydrogens is 322 g/mol. The molecule has 1 aromatic carbocycles. The first kappa shape index (κ1) is 16.9. The Morgan fingerprint density at radius 3 is 2.58 bits per heavy atom. The third-order valence-electron chi connectivity index (χ3n) is 3.04. The van der Waals surface area contributed by atoms with Crippen LogP contribution in [-0.2, 0) is 10.8 Å². The summed E-state index contributed by atoms with van der Waals surface area (Å²) in [4.78, 5) is 0.931. The van der Waals surface area contributed by atoms with Gasteiger partial charge in [0.05, 0.1) is 10.8 Å². The molecule has 1 rings (SSSR count). The fourth-order valence-corrected chi connectivity index (χ4v) is 3.29. The smallest absolute Gasteiger partial charge is 0.0529 e. The molecule has 0 fully saturated rings. The zero-order valence-corrected chi connectivity index (χ0v) is 14.2. The van der Waals surface area contributed by atoms with E-state index in [0.29, 0.717) is 6.04 Å². The summed E-state index contributed by atoms with van der Waals surface area (Å²) >= 11 is 3.39. The van der Waals surface area contributed by atoms with Crippen molar-refractivity contribution < 1.29 is 4.21 Å². The number of hydrogen-bond donors (Lipinski definition) is 1. The van der Waals surface area contributed by atoms with Crippen molar-refractivity contribution in [1.82, 2.24) is 5.32 Å². The number of halogens is 1. The van der Waals surface area contributed by atoms with Gasteiger partial charge in [-0.1, -0.05) is 29.3 Å². The molecule has 0 spiro atoms. The van der Waals surface area contributed by atoms with E-state index in [-0.39, 0.29) is 0 Å². The Kier molecular flexibility index (Phi) is 8.58. The lowest BCUT2D eigenvalue weighted by atomic mass is 10.1. The summed E-state index contributed by atoms with van der Waals surface area (Å²) < 4.78 is 13.1. The van der Waals surface area contributed by atoms with Crippen LogP contribution in [0.15, 0.2) is 33.6 Å². The Balaban J connectivity index is 2.18. The van der Waals surface area contributed by atoms with Crippen LogP contribution in [0.3, 0.4) is 0 Å². The van der Waals surface area contributed by atoms with Crippen LogP contribution in [0.4, 0.5) is 0 Å². The van der Waals surface area contributed by atoms with Gasteiger partial charge < -0.3 is 5.32 Å². The van der Waals surface area contributed by atoms with E-state index in [1.54, 1.807) is 0 Å². The topological polar surface area (TPSA) is 29.1 Å². The minimum Gasteiger partial charge on any atom is -0.314 e. The Bertz CT molecular complexity index is 380.